The average Bonchev–Trinajstić information content (AvgIpc) is 2.80. The van der Waals surface area contributed by atoms with E-state index in [1.165, 1.54) is 41.7 Å². The minimum Gasteiger partial charge on any atom is -0.465 e. The number of esters is 1. The van der Waals surface area contributed by atoms with Crippen molar-refractivity contribution >= 4 is 33.3 Å². The van der Waals surface area contributed by atoms with E-state index in [0.717, 1.165) is 0 Å². The first-order valence-electron chi connectivity index (χ1n) is 9.55. The van der Waals surface area contributed by atoms with Crippen molar-refractivity contribution < 1.29 is 22.7 Å². The predicted octanol–water partition coefficient (Wildman–Crippen LogP) is 3.94. The molecular formula is C23H22N2O5S. The Bertz CT molecular complexity index is 1190. The van der Waals surface area contributed by atoms with Crippen molar-refractivity contribution in [1.82, 2.24) is 0 Å². The van der Waals surface area contributed by atoms with Crippen molar-refractivity contribution in [3.05, 3.63) is 90.0 Å². The number of anilines is 2. The van der Waals surface area contributed by atoms with Gasteiger partial charge in [-0.2, -0.15) is 0 Å². The van der Waals surface area contributed by atoms with Crippen molar-refractivity contribution in [2.45, 2.75) is 11.8 Å². The van der Waals surface area contributed by atoms with Gasteiger partial charge in [-0.25, -0.2) is 13.2 Å². The molecule has 8 heteroatoms. The molecule has 0 aliphatic carbocycles. The van der Waals surface area contributed by atoms with E-state index < -0.39 is 21.9 Å². The zero-order valence-electron chi connectivity index (χ0n) is 17.1. The lowest BCUT2D eigenvalue weighted by molar-refractivity contribution is 0.0600. The Labute approximate surface area is 181 Å². The Kier molecular flexibility index (Phi) is 6.71. The minimum absolute atomic E-state index is 0.0295. The topological polar surface area (TPSA) is 92.8 Å². The van der Waals surface area contributed by atoms with Gasteiger partial charge in [-0.1, -0.05) is 36.4 Å². The van der Waals surface area contributed by atoms with E-state index in [-0.39, 0.29) is 28.3 Å². The monoisotopic (exact) mass is 438 g/mol. The summed E-state index contributed by atoms with van der Waals surface area (Å²) in [6.45, 7) is 1.96. The zero-order chi connectivity index (χ0) is 22.4. The molecule has 0 unspecified atom stereocenters. The molecule has 0 aromatic heterocycles. The normalized spacial score (nSPS) is 10.9. The van der Waals surface area contributed by atoms with Crippen LogP contribution < -0.4 is 9.62 Å². The van der Waals surface area contributed by atoms with Gasteiger partial charge in [0.2, 0.25) is 0 Å². The van der Waals surface area contributed by atoms with Gasteiger partial charge >= 0.3 is 5.97 Å². The predicted molar refractivity (Wildman–Crippen MR) is 119 cm³/mol. The SMILES string of the molecule is CCN(c1ccccc1)S(=O)(=O)c1ccccc1NC(=O)c1cccc(C(=O)OC)c1. The van der Waals surface area contributed by atoms with E-state index in [4.69, 9.17) is 0 Å². The third-order valence-electron chi connectivity index (χ3n) is 4.58. The molecule has 0 radical (unpaired) electrons. The molecule has 0 fully saturated rings. The molecule has 0 bridgehead atoms. The number of sulfonamides is 1. The number of para-hydroxylation sites is 2. The number of rotatable bonds is 7. The van der Waals surface area contributed by atoms with Crippen LogP contribution in [-0.4, -0.2) is 33.9 Å². The molecule has 1 N–H and O–H groups in total. The second-order valence-electron chi connectivity index (χ2n) is 6.53. The molecule has 0 saturated heterocycles. The number of ether oxygens (including phenoxy) is 1. The van der Waals surface area contributed by atoms with Gasteiger partial charge in [0.05, 0.1) is 24.0 Å². The van der Waals surface area contributed by atoms with Gasteiger partial charge < -0.3 is 10.1 Å². The van der Waals surface area contributed by atoms with Crippen LogP contribution in [0.25, 0.3) is 0 Å². The van der Waals surface area contributed by atoms with Gasteiger partial charge in [-0.15, -0.1) is 0 Å². The number of methoxy groups -OCH3 is 1. The largest absolute Gasteiger partial charge is 0.465 e. The fraction of sp³-hybridized carbons (Fsp3) is 0.130. The highest BCUT2D eigenvalue weighted by atomic mass is 32.2. The van der Waals surface area contributed by atoms with E-state index in [2.05, 4.69) is 10.1 Å². The van der Waals surface area contributed by atoms with Gasteiger partial charge in [-0.05, 0) is 49.4 Å². The van der Waals surface area contributed by atoms with Crippen LogP contribution in [0.5, 0.6) is 0 Å². The van der Waals surface area contributed by atoms with Crippen molar-refractivity contribution in [1.29, 1.82) is 0 Å². The van der Waals surface area contributed by atoms with Gasteiger partial charge in [-0.3, -0.25) is 9.10 Å². The Morgan fingerprint density at radius 1 is 0.903 bits per heavy atom. The molecule has 3 aromatic rings. The van der Waals surface area contributed by atoms with E-state index in [1.807, 2.05) is 0 Å². The van der Waals surface area contributed by atoms with Gasteiger partial charge in [0.1, 0.15) is 4.90 Å². The van der Waals surface area contributed by atoms with Crippen molar-refractivity contribution in [2.75, 3.05) is 23.3 Å². The molecule has 0 aliphatic heterocycles. The third-order valence-corrected chi connectivity index (χ3v) is 6.54. The van der Waals surface area contributed by atoms with Crippen LogP contribution in [0.4, 0.5) is 11.4 Å². The third kappa shape index (κ3) is 4.75. The molecule has 0 aliphatic rings. The van der Waals surface area contributed by atoms with Crippen LogP contribution in [0.3, 0.4) is 0 Å². The molecular weight excluding hydrogens is 416 g/mol. The fourth-order valence-electron chi connectivity index (χ4n) is 3.10. The summed E-state index contributed by atoms with van der Waals surface area (Å²) in [6, 6.07) is 20.9. The number of hydrogen-bond acceptors (Lipinski definition) is 5. The summed E-state index contributed by atoms with van der Waals surface area (Å²) in [7, 11) is -2.69. The maximum absolute atomic E-state index is 13.4. The molecule has 0 spiro atoms. The summed E-state index contributed by atoms with van der Waals surface area (Å²) in [5.74, 6) is -1.12. The number of benzene rings is 3. The molecule has 0 saturated carbocycles. The highest BCUT2D eigenvalue weighted by Crippen LogP contribution is 2.28. The summed E-state index contributed by atoms with van der Waals surface area (Å²) in [6.07, 6.45) is 0. The highest BCUT2D eigenvalue weighted by Gasteiger charge is 2.27. The molecule has 3 rings (SSSR count). The van der Waals surface area contributed by atoms with Crippen molar-refractivity contribution in [3.63, 3.8) is 0 Å². The Hall–Kier alpha value is -3.65. The summed E-state index contributed by atoms with van der Waals surface area (Å²) < 4.78 is 32.7. The van der Waals surface area contributed by atoms with Gasteiger partial charge in [0.15, 0.2) is 0 Å². The maximum atomic E-state index is 13.4. The van der Waals surface area contributed by atoms with Crippen LogP contribution in [0.1, 0.15) is 27.6 Å². The van der Waals surface area contributed by atoms with E-state index in [9.17, 15) is 18.0 Å². The smallest absolute Gasteiger partial charge is 0.337 e. The number of carbonyl (C=O) groups excluding carboxylic acids is 2. The van der Waals surface area contributed by atoms with Crippen LogP contribution >= 0.6 is 0 Å². The first-order chi connectivity index (χ1) is 14.9. The number of nitrogens with one attached hydrogen (secondary N) is 1. The molecule has 1 amide bonds. The lowest BCUT2D eigenvalue weighted by Gasteiger charge is -2.24. The van der Waals surface area contributed by atoms with Crippen LogP contribution in [0, 0.1) is 0 Å². The molecule has 3 aromatic carbocycles. The standard InChI is InChI=1S/C23H22N2O5S/c1-3-25(19-12-5-4-6-13-19)31(28,29)21-15-8-7-14-20(21)24-22(26)17-10-9-11-18(16-17)23(27)30-2/h4-16H,3H2,1-2H3,(H,24,26). The van der Waals surface area contributed by atoms with Crippen LogP contribution in [-0.2, 0) is 14.8 Å². The highest BCUT2D eigenvalue weighted by molar-refractivity contribution is 7.93. The minimum atomic E-state index is -3.94. The van der Waals surface area contributed by atoms with E-state index in [1.54, 1.807) is 55.5 Å². The van der Waals surface area contributed by atoms with Gasteiger partial charge in [0, 0.05) is 12.1 Å². The zero-order valence-corrected chi connectivity index (χ0v) is 17.9. The molecule has 0 atom stereocenters. The van der Waals surface area contributed by atoms with Gasteiger partial charge in [0.25, 0.3) is 15.9 Å². The van der Waals surface area contributed by atoms with E-state index in [0.29, 0.717) is 5.69 Å². The number of carbonyl (C=O) groups is 2. The quantitative estimate of drug-likeness (QED) is 0.564. The summed E-state index contributed by atoms with van der Waals surface area (Å²) in [5.41, 5.74) is 1.09. The molecule has 7 nitrogen and oxygen atoms in total. The molecule has 31 heavy (non-hydrogen) atoms. The average molecular weight is 439 g/mol. The molecule has 160 valence electrons. The first-order valence-corrected chi connectivity index (χ1v) is 11.0. The van der Waals surface area contributed by atoms with E-state index >= 15 is 0 Å². The number of hydrogen-bond donors (Lipinski definition) is 1. The Morgan fingerprint density at radius 3 is 2.23 bits per heavy atom. The lowest BCUT2D eigenvalue weighted by Crippen LogP contribution is -2.31. The van der Waals surface area contributed by atoms with Crippen molar-refractivity contribution in [3.8, 4) is 0 Å². The maximum Gasteiger partial charge on any atom is 0.337 e. The second kappa shape index (κ2) is 9.44. The van der Waals surface area contributed by atoms with Crippen LogP contribution in [0.15, 0.2) is 83.8 Å². The number of nitrogens with zero attached hydrogens (tertiary/aromatic N) is 1. The molecule has 0 heterocycles. The summed E-state index contributed by atoms with van der Waals surface area (Å²) >= 11 is 0. The fourth-order valence-corrected chi connectivity index (χ4v) is 4.72. The number of amides is 1. The Morgan fingerprint density at radius 2 is 1.55 bits per heavy atom. The summed E-state index contributed by atoms with van der Waals surface area (Å²) in [5, 5.41) is 2.65. The van der Waals surface area contributed by atoms with Crippen molar-refractivity contribution in [2.24, 2.45) is 0 Å². The van der Waals surface area contributed by atoms with Crippen LogP contribution in [0.2, 0.25) is 0 Å². The first kappa shape index (κ1) is 22.0. The second-order valence-corrected chi connectivity index (χ2v) is 8.36. The summed E-state index contributed by atoms with van der Waals surface area (Å²) in [4.78, 5) is 24.5. The Balaban J connectivity index is 1.95. The lowest BCUT2D eigenvalue weighted by atomic mass is 10.1.